The van der Waals surface area contributed by atoms with Crippen molar-refractivity contribution in [2.75, 3.05) is 33.9 Å². The minimum Gasteiger partial charge on any atom is -0.493 e. The van der Waals surface area contributed by atoms with Crippen molar-refractivity contribution < 1.29 is 14.3 Å². The van der Waals surface area contributed by atoms with Gasteiger partial charge in [0.05, 0.1) is 20.8 Å². The standard InChI is InChI=1S/C20H27N3O3/c1-15-17-5-4-10-22(17)11-12-23(15)14-20(24)21-9-8-16-6-7-18(25-2)19(13-16)26-3/h4-7,10,13,15H,8-9,11-12,14H2,1-3H3,(H,21,24). The summed E-state index contributed by atoms with van der Waals surface area (Å²) in [5.74, 6) is 1.49. The molecule has 1 aromatic carbocycles. The van der Waals surface area contributed by atoms with Crippen LogP contribution >= 0.6 is 0 Å². The third-order valence-corrected chi connectivity index (χ3v) is 5.00. The number of fused-ring (bicyclic) bond motifs is 1. The fourth-order valence-corrected chi connectivity index (χ4v) is 3.47. The second-order valence-electron chi connectivity index (χ2n) is 6.56. The van der Waals surface area contributed by atoms with Crippen LogP contribution in [0.3, 0.4) is 0 Å². The number of hydrogen-bond acceptors (Lipinski definition) is 4. The van der Waals surface area contributed by atoms with Gasteiger partial charge in [-0.2, -0.15) is 0 Å². The molecule has 0 spiro atoms. The van der Waals surface area contributed by atoms with Crippen LogP contribution in [-0.4, -0.2) is 49.2 Å². The van der Waals surface area contributed by atoms with Gasteiger partial charge >= 0.3 is 0 Å². The lowest BCUT2D eigenvalue weighted by Crippen LogP contribution is -2.43. The van der Waals surface area contributed by atoms with Crippen LogP contribution in [0.4, 0.5) is 0 Å². The Morgan fingerprint density at radius 3 is 2.77 bits per heavy atom. The average molecular weight is 357 g/mol. The number of aromatic nitrogens is 1. The summed E-state index contributed by atoms with van der Waals surface area (Å²) in [6.07, 6.45) is 2.86. The number of methoxy groups -OCH3 is 2. The molecule has 1 amide bonds. The number of carbonyl (C=O) groups is 1. The van der Waals surface area contributed by atoms with Crippen molar-refractivity contribution in [2.45, 2.75) is 25.9 Å². The van der Waals surface area contributed by atoms with Gasteiger partial charge in [0.1, 0.15) is 0 Å². The molecule has 2 aromatic rings. The van der Waals surface area contributed by atoms with E-state index >= 15 is 0 Å². The molecule has 1 aliphatic heterocycles. The summed E-state index contributed by atoms with van der Waals surface area (Å²) in [6.45, 7) is 5.02. The minimum atomic E-state index is 0.0670. The van der Waals surface area contributed by atoms with E-state index in [9.17, 15) is 4.79 Å². The first-order valence-corrected chi connectivity index (χ1v) is 8.99. The lowest BCUT2D eigenvalue weighted by molar-refractivity contribution is -0.123. The van der Waals surface area contributed by atoms with Crippen LogP contribution in [-0.2, 0) is 17.8 Å². The zero-order valence-corrected chi connectivity index (χ0v) is 15.7. The first kappa shape index (κ1) is 18.3. The molecule has 26 heavy (non-hydrogen) atoms. The Morgan fingerprint density at radius 2 is 2.00 bits per heavy atom. The van der Waals surface area contributed by atoms with Crippen molar-refractivity contribution in [1.82, 2.24) is 14.8 Å². The predicted octanol–water partition coefficient (Wildman–Crippen LogP) is 2.24. The SMILES string of the molecule is COc1ccc(CCNC(=O)CN2CCn3cccc3C2C)cc1OC. The molecule has 1 aromatic heterocycles. The van der Waals surface area contributed by atoms with E-state index in [0.717, 1.165) is 25.1 Å². The molecule has 0 aliphatic carbocycles. The largest absolute Gasteiger partial charge is 0.493 e. The highest BCUT2D eigenvalue weighted by molar-refractivity contribution is 5.78. The molecule has 1 unspecified atom stereocenters. The second kappa shape index (κ2) is 8.27. The number of hydrogen-bond donors (Lipinski definition) is 1. The monoisotopic (exact) mass is 357 g/mol. The van der Waals surface area contributed by atoms with E-state index in [1.54, 1.807) is 14.2 Å². The molecule has 0 saturated carbocycles. The minimum absolute atomic E-state index is 0.0670. The van der Waals surface area contributed by atoms with E-state index in [0.29, 0.717) is 24.6 Å². The molecule has 3 rings (SSSR count). The Hall–Kier alpha value is -2.47. The number of amides is 1. The van der Waals surface area contributed by atoms with Crippen molar-refractivity contribution in [1.29, 1.82) is 0 Å². The molecule has 1 atom stereocenters. The van der Waals surface area contributed by atoms with Gasteiger partial charge in [0.25, 0.3) is 0 Å². The van der Waals surface area contributed by atoms with Gasteiger partial charge in [0, 0.05) is 37.6 Å². The zero-order chi connectivity index (χ0) is 18.5. The summed E-state index contributed by atoms with van der Waals surface area (Å²) in [5, 5.41) is 3.02. The zero-order valence-electron chi connectivity index (χ0n) is 15.7. The van der Waals surface area contributed by atoms with Gasteiger partial charge in [-0.05, 0) is 43.2 Å². The van der Waals surface area contributed by atoms with Gasteiger partial charge in [-0.15, -0.1) is 0 Å². The van der Waals surface area contributed by atoms with E-state index in [4.69, 9.17) is 9.47 Å². The number of ether oxygens (including phenoxy) is 2. The number of nitrogens with zero attached hydrogens (tertiary/aromatic N) is 2. The van der Waals surface area contributed by atoms with E-state index < -0.39 is 0 Å². The smallest absolute Gasteiger partial charge is 0.234 e. The number of rotatable bonds is 7. The van der Waals surface area contributed by atoms with Crippen LogP contribution in [0.5, 0.6) is 11.5 Å². The Kier molecular flexibility index (Phi) is 5.83. The van der Waals surface area contributed by atoms with Crippen molar-refractivity contribution in [3.8, 4) is 11.5 Å². The van der Waals surface area contributed by atoms with Crippen molar-refractivity contribution in [3.63, 3.8) is 0 Å². The van der Waals surface area contributed by atoms with Crippen molar-refractivity contribution >= 4 is 5.91 Å². The first-order chi connectivity index (χ1) is 12.6. The van der Waals surface area contributed by atoms with Crippen molar-refractivity contribution in [3.05, 3.63) is 47.8 Å². The maximum atomic E-state index is 12.3. The van der Waals surface area contributed by atoms with Crippen LogP contribution in [0.2, 0.25) is 0 Å². The number of benzene rings is 1. The lowest BCUT2D eigenvalue weighted by Gasteiger charge is -2.34. The third-order valence-electron chi connectivity index (χ3n) is 5.00. The molecule has 0 radical (unpaired) electrons. The highest BCUT2D eigenvalue weighted by Crippen LogP contribution is 2.27. The molecule has 2 heterocycles. The fourth-order valence-electron chi connectivity index (χ4n) is 3.47. The van der Waals surface area contributed by atoms with Crippen LogP contribution in [0.15, 0.2) is 36.5 Å². The Bertz CT molecular complexity index is 757. The normalized spacial score (nSPS) is 16.8. The molecule has 0 fully saturated rings. The van der Waals surface area contributed by atoms with E-state index in [1.165, 1.54) is 5.69 Å². The van der Waals surface area contributed by atoms with Gasteiger partial charge < -0.3 is 19.4 Å². The Labute approximate surface area is 154 Å². The topological polar surface area (TPSA) is 55.7 Å². The number of nitrogens with one attached hydrogen (secondary N) is 1. The summed E-state index contributed by atoms with van der Waals surface area (Å²) in [6, 6.07) is 10.3. The molecule has 6 heteroatoms. The van der Waals surface area contributed by atoms with E-state index in [1.807, 2.05) is 18.2 Å². The summed E-state index contributed by atoms with van der Waals surface area (Å²) in [5.41, 5.74) is 2.38. The van der Waals surface area contributed by atoms with Gasteiger partial charge in [-0.1, -0.05) is 6.07 Å². The molecule has 1 N–H and O–H groups in total. The molecular weight excluding hydrogens is 330 g/mol. The predicted molar refractivity (Wildman–Crippen MR) is 101 cm³/mol. The summed E-state index contributed by atoms with van der Waals surface area (Å²) in [7, 11) is 3.25. The van der Waals surface area contributed by atoms with Crippen LogP contribution in [0.25, 0.3) is 0 Å². The van der Waals surface area contributed by atoms with Gasteiger partial charge in [-0.25, -0.2) is 0 Å². The van der Waals surface area contributed by atoms with Gasteiger partial charge in [0.15, 0.2) is 11.5 Å². The van der Waals surface area contributed by atoms with E-state index in [-0.39, 0.29) is 11.9 Å². The highest BCUT2D eigenvalue weighted by atomic mass is 16.5. The molecule has 0 saturated heterocycles. The Balaban J connectivity index is 1.48. The van der Waals surface area contributed by atoms with Gasteiger partial charge in [-0.3, -0.25) is 9.69 Å². The quantitative estimate of drug-likeness (QED) is 0.826. The highest BCUT2D eigenvalue weighted by Gasteiger charge is 2.24. The summed E-state index contributed by atoms with van der Waals surface area (Å²) in [4.78, 5) is 14.5. The fraction of sp³-hybridized carbons (Fsp3) is 0.450. The molecule has 6 nitrogen and oxygen atoms in total. The average Bonchev–Trinajstić information content (AvgIpc) is 3.13. The maximum Gasteiger partial charge on any atom is 0.234 e. The van der Waals surface area contributed by atoms with Crippen LogP contribution in [0.1, 0.15) is 24.2 Å². The number of carbonyl (C=O) groups excluding carboxylic acids is 1. The second-order valence-corrected chi connectivity index (χ2v) is 6.56. The summed E-state index contributed by atoms with van der Waals surface area (Å²) < 4.78 is 12.8. The molecule has 0 bridgehead atoms. The van der Waals surface area contributed by atoms with Crippen molar-refractivity contribution in [2.24, 2.45) is 0 Å². The first-order valence-electron chi connectivity index (χ1n) is 8.99. The molecule has 140 valence electrons. The molecular formula is C20H27N3O3. The maximum absolute atomic E-state index is 12.3. The van der Waals surface area contributed by atoms with Gasteiger partial charge in [0.2, 0.25) is 5.91 Å². The van der Waals surface area contributed by atoms with E-state index in [2.05, 4.69) is 40.0 Å². The Morgan fingerprint density at radius 1 is 1.19 bits per heavy atom. The summed E-state index contributed by atoms with van der Waals surface area (Å²) >= 11 is 0. The third kappa shape index (κ3) is 4.02. The molecule has 1 aliphatic rings. The lowest BCUT2D eigenvalue weighted by atomic mass is 10.1. The van der Waals surface area contributed by atoms with Crippen LogP contribution < -0.4 is 14.8 Å². The van der Waals surface area contributed by atoms with Crippen LogP contribution in [0, 0.1) is 0 Å².